The highest BCUT2D eigenvalue weighted by atomic mass is 19.1. The summed E-state index contributed by atoms with van der Waals surface area (Å²) in [5.41, 5.74) is 9.34. The van der Waals surface area contributed by atoms with Crippen molar-refractivity contribution < 1.29 is 23.2 Å². The lowest BCUT2D eigenvalue weighted by Crippen LogP contribution is -2.58. The predicted molar refractivity (Wildman–Crippen MR) is 167 cm³/mol. The molecule has 2 aliphatic rings. The number of aromatic nitrogens is 3. The average Bonchev–Trinajstić information content (AvgIpc) is 3.39. The first-order chi connectivity index (χ1) is 21.2. The quantitative estimate of drug-likeness (QED) is 0.309. The molecule has 4 heterocycles. The Bertz CT molecular complexity index is 1740. The molecule has 12 heteroatoms. The largest absolute Gasteiger partial charge is 0.462 e. The maximum Gasteiger partial charge on any atom is 0.319 e. The van der Waals surface area contributed by atoms with Crippen molar-refractivity contribution in [1.29, 1.82) is 0 Å². The number of hydrogen-bond donors (Lipinski definition) is 1. The summed E-state index contributed by atoms with van der Waals surface area (Å²) in [7, 11) is 0. The fourth-order valence-electron chi connectivity index (χ4n) is 6.33. The molecule has 6 rings (SSSR count). The lowest BCUT2D eigenvalue weighted by Gasteiger charge is -2.44. The molecular formula is C32H38FN7O4. The molecule has 2 aromatic heterocycles. The van der Waals surface area contributed by atoms with Crippen LogP contribution < -0.4 is 15.4 Å². The van der Waals surface area contributed by atoms with Crippen molar-refractivity contribution >= 4 is 39.4 Å². The summed E-state index contributed by atoms with van der Waals surface area (Å²) in [5, 5.41) is 5.06. The second-order valence-corrected chi connectivity index (χ2v) is 11.7. The standard InChI is InChI=1S/C32H38FN7O4/c1-6-24(41)39-16-21(5)40(17-20(39)4)31-22-15-19(3)26(25-18(2)7-8-23-27(25)30(34)37-44-23)28(33)29(22)35-32(36-31)43-14-11-38-9-12-42-13-10-38/h6-8,15,20-21H,1,9-14,16-17H2,2-5H3,(H2,34,37)/t20-,21+/m1/s1. The number of nitrogens with zero attached hydrogens (tertiary/aromatic N) is 6. The van der Waals surface area contributed by atoms with E-state index in [0.717, 1.165) is 18.7 Å². The number of hydrogen-bond acceptors (Lipinski definition) is 10. The highest BCUT2D eigenvalue weighted by Crippen LogP contribution is 2.42. The number of fused-ring (bicyclic) bond motifs is 2. The molecule has 2 aliphatic heterocycles. The monoisotopic (exact) mass is 603 g/mol. The molecule has 1 amide bonds. The van der Waals surface area contributed by atoms with Gasteiger partial charge in [-0.25, -0.2) is 4.39 Å². The molecule has 0 aliphatic carbocycles. The Hall–Kier alpha value is -4.29. The molecular weight excluding hydrogens is 565 g/mol. The zero-order valence-corrected chi connectivity index (χ0v) is 25.6. The summed E-state index contributed by atoms with van der Waals surface area (Å²) in [6.07, 6.45) is 1.34. The summed E-state index contributed by atoms with van der Waals surface area (Å²) in [5.74, 6) is 0.143. The van der Waals surface area contributed by atoms with Crippen molar-refractivity contribution in [2.24, 2.45) is 0 Å². The van der Waals surface area contributed by atoms with E-state index in [1.807, 2.05) is 39.8 Å². The van der Waals surface area contributed by atoms with Gasteiger partial charge in [-0.2, -0.15) is 9.97 Å². The minimum absolute atomic E-state index is 0.0957. The first kappa shape index (κ1) is 29.8. The van der Waals surface area contributed by atoms with Crippen LogP contribution in [0.3, 0.4) is 0 Å². The maximum atomic E-state index is 16.9. The number of piperazine rings is 1. The zero-order chi connectivity index (χ0) is 31.1. The number of anilines is 2. The van der Waals surface area contributed by atoms with E-state index in [1.54, 1.807) is 11.0 Å². The Kier molecular flexibility index (Phi) is 8.12. The van der Waals surface area contributed by atoms with Gasteiger partial charge in [-0.3, -0.25) is 9.69 Å². The van der Waals surface area contributed by atoms with E-state index in [1.165, 1.54) is 6.08 Å². The van der Waals surface area contributed by atoms with Crippen molar-refractivity contribution in [3.05, 3.63) is 47.8 Å². The van der Waals surface area contributed by atoms with Gasteiger partial charge in [0.15, 0.2) is 17.2 Å². The molecule has 2 N–H and O–H groups in total. The number of morpholine rings is 1. The van der Waals surface area contributed by atoms with Crippen molar-refractivity contribution in [2.75, 3.05) is 63.2 Å². The summed E-state index contributed by atoms with van der Waals surface area (Å²) in [6, 6.07) is 5.44. The maximum absolute atomic E-state index is 16.9. The number of aryl methyl sites for hydroxylation is 2. The summed E-state index contributed by atoms with van der Waals surface area (Å²) >= 11 is 0. The predicted octanol–water partition coefficient (Wildman–Crippen LogP) is 4.10. The minimum atomic E-state index is -0.501. The molecule has 0 spiro atoms. The van der Waals surface area contributed by atoms with Crippen LogP contribution in [0.2, 0.25) is 0 Å². The van der Waals surface area contributed by atoms with Crippen LogP contribution in [0.15, 0.2) is 35.4 Å². The highest BCUT2D eigenvalue weighted by molar-refractivity contribution is 6.05. The van der Waals surface area contributed by atoms with Gasteiger partial charge in [-0.15, -0.1) is 0 Å². The van der Waals surface area contributed by atoms with Crippen molar-refractivity contribution in [3.8, 4) is 17.1 Å². The van der Waals surface area contributed by atoms with E-state index in [4.69, 9.17) is 24.7 Å². The van der Waals surface area contributed by atoms with E-state index >= 15 is 4.39 Å². The van der Waals surface area contributed by atoms with E-state index in [-0.39, 0.29) is 35.3 Å². The van der Waals surface area contributed by atoms with Gasteiger partial charge < -0.3 is 29.5 Å². The lowest BCUT2D eigenvalue weighted by atomic mass is 9.91. The Labute approximate surface area is 255 Å². The van der Waals surface area contributed by atoms with Gasteiger partial charge in [0, 0.05) is 61.3 Å². The highest BCUT2D eigenvalue weighted by Gasteiger charge is 2.34. The molecule has 2 saturated heterocycles. The first-order valence-electron chi connectivity index (χ1n) is 15.0. The summed E-state index contributed by atoms with van der Waals surface area (Å²) in [6.45, 7) is 16.4. The average molecular weight is 604 g/mol. The van der Waals surface area contributed by atoms with Crippen LogP contribution in [-0.4, -0.2) is 95.5 Å². The molecule has 0 unspecified atom stereocenters. The van der Waals surface area contributed by atoms with Gasteiger partial charge in [0.25, 0.3) is 0 Å². The second kappa shape index (κ2) is 12.0. The minimum Gasteiger partial charge on any atom is -0.462 e. The lowest BCUT2D eigenvalue weighted by molar-refractivity contribution is -0.128. The zero-order valence-electron chi connectivity index (χ0n) is 25.6. The molecule has 232 valence electrons. The van der Waals surface area contributed by atoms with Crippen LogP contribution in [0.1, 0.15) is 25.0 Å². The van der Waals surface area contributed by atoms with Crippen LogP contribution >= 0.6 is 0 Å². The van der Waals surface area contributed by atoms with Crippen molar-refractivity contribution in [3.63, 3.8) is 0 Å². The SMILES string of the molecule is C=CC(=O)N1C[C@H](C)N(c2nc(OCCN3CCOCC3)nc3c(F)c(-c4c(C)ccc5onc(N)c45)c(C)cc23)C[C@H]1C. The number of nitrogens with two attached hydrogens (primary N) is 1. The van der Waals surface area contributed by atoms with Gasteiger partial charge in [0.2, 0.25) is 5.91 Å². The molecule has 0 saturated carbocycles. The number of halogens is 1. The Balaban J connectivity index is 1.47. The third-order valence-corrected chi connectivity index (χ3v) is 8.67. The number of ether oxygens (including phenoxy) is 2. The van der Waals surface area contributed by atoms with Crippen molar-refractivity contribution in [2.45, 2.75) is 39.8 Å². The number of rotatable bonds is 7. The van der Waals surface area contributed by atoms with E-state index in [2.05, 4.69) is 26.5 Å². The number of amides is 1. The topological polar surface area (TPSA) is 123 Å². The summed E-state index contributed by atoms with van der Waals surface area (Å²) < 4.78 is 33.9. The number of nitrogen functional groups attached to an aromatic ring is 1. The molecule has 11 nitrogen and oxygen atoms in total. The molecule has 2 aromatic carbocycles. The van der Waals surface area contributed by atoms with Crippen molar-refractivity contribution in [1.82, 2.24) is 24.9 Å². The van der Waals surface area contributed by atoms with Crippen LogP contribution in [0.4, 0.5) is 16.0 Å². The fourth-order valence-corrected chi connectivity index (χ4v) is 6.33. The third kappa shape index (κ3) is 5.32. The fraction of sp³-hybridized carbons (Fsp3) is 0.438. The second-order valence-electron chi connectivity index (χ2n) is 11.7. The van der Waals surface area contributed by atoms with Gasteiger partial charge in [0.1, 0.15) is 17.9 Å². The van der Waals surface area contributed by atoms with E-state index in [9.17, 15) is 4.79 Å². The Morgan fingerprint density at radius 1 is 1.14 bits per heavy atom. The number of benzene rings is 2. The number of carbonyl (C=O) groups is 1. The van der Waals surface area contributed by atoms with E-state index in [0.29, 0.717) is 78.3 Å². The normalized spacial score (nSPS) is 19.6. The van der Waals surface area contributed by atoms with Crippen LogP contribution in [-0.2, 0) is 9.53 Å². The first-order valence-corrected chi connectivity index (χ1v) is 15.0. The third-order valence-electron chi connectivity index (χ3n) is 8.67. The van der Waals surface area contributed by atoms with Gasteiger partial charge in [-0.1, -0.05) is 17.8 Å². The van der Waals surface area contributed by atoms with Gasteiger partial charge in [0.05, 0.1) is 18.6 Å². The smallest absolute Gasteiger partial charge is 0.319 e. The number of carbonyl (C=O) groups excluding carboxylic acids is 1. The van der Waals surface area contributed by atoms with Crippen LogP contribution in [0.25, 0.3) is 33.0 Å². The summed E-state index contributed by atoms with van der Waals surface area (Å²) in [4.78, 5) is 28.2. The van der Waals surface area contributed by atoms with Gasteiger partial charge >= 0.3 is 6.01 Å². The van der Waals surface area contributed by atoms with Crippen LogP contribution in [0, 0.1) is 19.7 Å². The van der Waals surface area contributed by atoms with E-state index < -0.39 is 5.82 Å². The van der Waals surface area contributed by atoms with Crippen LogP contribution in [0.5, 0.6) is 6.01 Å². The molecule has 2 atom stereocenters. The molecule has 4 aromatic rings. The van der Waals surface area contributed by atoms with Gasteiger partial charge in [-0.05, 0) is 57.0 Å². The molecule has 44 heavy (non-hydrogen) atoms. The molecule has 2 fully saturated rings. The molecule has 0 bridgehead atoms. The Morgan fingerprint density at radius 2 is 1.91 bits per heavy atom. The molecule has 0 radical (unpaired) electrons. The Morgan fingerprint density at radius 3 is 2.66 bits per heavy atom.